The SMILES string of the molecule is CC1CN(C(=O)OC(C)(C)C)CCC1c1ccc(Br)s1. The molecular weight excluding hydrogens is 338 g/mol. The summed E-state index contributed by atoms with van der Waals surface area (Å²) in [5, 5.41) is 0. The third kappa shape index (κ3) is 3.98. The van der Waals surface area contributed by atoms with Crippen LogP contribution in [0.5, 0.6) is 0 Å². The molecule has 1 fully saturated rings. The van der Waals surface area contributed by atoms with Crippen molar-refractivity contribution in [2.75, 3.05) is 13.1 Å². The first kappa shape index (κ1) is 15.8. The van der Waals surface area contributed by atoms with E-state index < -0.39 is 5.60 Å². The molecule has 3 nitrogen and oxygen atoms in total. The van der Waals surface area contributed by atoms with Crippen LogP contribution in [0.1, 0.15) is 44.9 Å². The Labute approximate surface area is 133 Å². The second-order valence-electron chi connectivity index (χ2n) is 6.44. The summed E-state index contributed by atoms with van der Waals surface area (Å²) in [5.74, 6) is 1.01. The molecular formula is C15H22BrNO2S. The van der Waals surface area contributed by atoms with E-state index in [1.807, 2.05) is 25.7 Å². The number of piperidine rings is 1. The first-order valence-electron chi connectivity index (χ1n) is 6.99. The Hall–Kier alpha value is -0.550. The van der Waals surface area contributed by atoms with Crippen LogP contribution in [0.3, 0.4) is 0 Å². The average Bonchev–Trinajstić information content (AvgIpc) is 2.73. The fraction of sp³-hybridized carbons (Fsp3) is 0.667. The number of hydrogen-bond acceptors (Lipinski definition) is 3. The number of likely N-dealkylation sites (tertiary alicyclic amines) is 1. The van der Waals surface area contributed by atoms with Gasteiger partial charge in [-0.3, -0.25) is 0 Å². The molecule has 0 N–H and O–H groups in total. The summed E-state index contributed by atoms with van der Waals surface area (Å²) in [6.45, 7) is 9.49. The Balaban J connectivity index is 1.97. The molecule has 112 valence electrons. The summed E-state index contributed by atoms with van der Waals surface area (Å²) in [6, 6.07) is 4.30. The Morgan fingerprint density at radius 1 is 1.45 bits per heavy atom. The summed E-state index contributed by atoms with van der Waals surface area (Å²) in [6.07, 6.45) is 0.822. The molecule has 0 aromatic carbocycles. The minimum absolute atomic E-state index is 0.185. The Morgan fingerprint density at radius 3 is 2.65 bits per heavy atom. The predicted octanol–water partition coefficient (Wildman–Crippen LogP) is 4.87. The maximum atomic E-state index is 12.1. The average molecular weight is 360 g/mol. The van der Waals surface area contributed by atoms with Crippen molar-refractivity contribution in [3.8, 4) is 0 Å². The summed E-state index contributed by atoms with van der Waals surface area (Å²) >= 11 is 5.32. The van der Waals surface area contributed by atoms with Crippen LogP contribution in [0.4, 0.5) is 4.79 Å². The highest BCUT2D eigenvalue weighted by Gasteiger charge is 2.32. The number of amides is 1. The molecule has 1 aromatic rings. The predicted molar refractivity (Wildman–Crippen MR) is 86.3 cm³/mol. The summed E-state index contributed by atoms with van der Waals surface area (Å²) in [5.41, 5.74) is -0.421. The minimum atomic E-state index is -0.421. The zero-order chi connectivity index (χ0) is 14.9. The molecule has 5 heteroatoms. The van der Waals surface area contributed by atoms with Crippen LogP contribution in [0.15, 0.2) is 15.9 Å². The smallest absolute Gasteiger partial charge is 0.410 e. The van der Waals surface area contributed by atoms with Gasteiger partial charge in [0.15, 0.2) is 0 Å². The maximum Gasteiger partial charge on any atom is 0.410 e. The van der Waals surface area contributed by atoms with Crippen LogP contribution in [0.2, 0.25) is 0 Å². The van der Waals surface area contributed by atoms with Gasteiger partial charge >= 0.3 is 6.09 Å². The van der Waals surface area contributed by atoms with Gasteiger partial charge in [0, 0.05) is 18.0 Å². The van der Waals surface area contributed by atoms with E-state index in [1.54, 1.807) is 11.3 Å². The fourth-order valence-electron chi connectivity index (χ4n) is 2.59. The fourth-order valence-corrected chi connectivity index (χ4v) is 4.28. The lowest BCUT2D eigenvalue weighted by Crippen LogP contribution is -2.44. The van der Waals surface area contributed by atoms with Crippen molar-refractivity contribution < 1.29 is 9.53 Å². The molecule has 2 rings (SSSR count). The highest BCUT2D eigenvalue weighted by molar-refractivity contribution is 9.11. The topological polar surface area (TPSA) is 29.5 Å². The second kappa shape index (κ2) is 6.06. The number of ether oxygens (including phenoxy) is 1. The van der Waals surface area contributed by atoms with Gasteiger partial charge in [-0.2, -0.15) is 0 Å². The Morgan fingerprint density at radius 2 is 2.15 bits per heavy atom. The molecule has 0 saturated carbocycles. The van der Waals surface area contributed by atoms with Crippen LogP contribution >= 0.6 is 27.3 Å². The highest BCUT2D eigenvalue weighted by Crippen LogP contribution is 2.38. The molecule has 1 amide bonds. The molecule has 0 aliphatic carbocycles. The number of nitrogens with zero attached hydrogens (tertiary/aromatic N) is 1. The van der Waals surface area contributed by atoms with Crippen molar-refractivity contribution in [2.45, 2.75) is 45.6 Å². The van der Waals surface area contributed by atoms with Gasteiger partial charge in [-0.15, -0.1) is 11.3 Å². The molecule has 1 aliphatic heterocycles. The van der Waals surface area contributed by atoms with Crippen LogP contribution in [-0.2, 0) is 4.74 Å². The van der Waals surface area contributed by atoms with Crippen LogP contribution in [0.25, 0.3) is 0 Å². The summed E-state index contributed by atoms with van der Waals surface area (Å²) < 4.78 is 6.63. The van der Waals surface area contributed by atoms with Crippen LogP contribution in [-0.4, -0.2) is 29.7 Å². The number of rotatable bonds is 1. The zero-order valence-electron chi connectivity index (χ0n) is 12.5. The molecule has 2 unspecified atom stereocenters. The van der Waals surface area contributed by atoms with E-state index in [1.165, 1.54) is 8.66 Å². The van der Waals surface area contributed by atoms with Gasteiger partial charge in [-0.25, -0.2) is 4.79 Å². The molecule has 0 spiro atoms. The van der Waals surface area contributed by atoms with Gasteiger partial charge in [0.25, 0.3) is 0 Å². The van der Waals surface area contributed by atoms with Crippen molar-refractivity contribution >= 4 is 33.4 Å². The van der Waals surface area contributed by atoms with E-state index in [0.29, 0.717) is 11.8 Å². The van der Waals surface area contributed by atoms with Gasteiger partial charge < -0.3 is 9.64 Å². The summed E-state index contributed by atoms with van der Waals surface area (Å²) in [4.78, 5) is 15.4. The lowest BCUT2D eigenvalue weighted by molar-refractivity contribution is 0.0156. The van der Waals surface area contributed by atoms with Crippen molar-refractivity contribution in [1.29, 1.82) is 0 Å². The lowest BCUT2D eigenvalue weighted by Gasteiger charge is -2.37. The van der Waals surface area contributed by atoms with Crippen LogP contribution < -0.4 is 0 Å². The molecule has 1 aromatic heterocycles. The Kier molecular flexibility index (Phi) is 4.80. The molecule has 1 aliphatic rings. The van der Waals surface area contributed by atoms with E-state index in [2.05, 4.69) is 35.0 Å². The van der Waals surface area contributed by atoms with E-state index in [4.69, 9.17) is 4.74 Å². The largest absolute Gasteiger partial charge is 0.444 e. The van der Waals surface area contributed by atoms with Crippen LogP contribution in [0, 0.1) is 5.92 Å². The molecule has 2 atom stereocenters. The van der Waals surface area contributed by atoms with E-state index in [9.17, 15) is 4.79 Å². The zero-order valence-corrected chi connectivity index (χ0v) is 14.9. The van der Waals surface area contributed by atoms with Gasteiger partial charge in [0.1, 0.15) is 5.60 Å². The van der Waals surface area contributed by atoms with Gasteiger partial charge in [0.2, 0.25) is 0 Å². The van der Waals surface area contributed by atoms with Crippen molar-refractivity contribution in [2.24, 2.45) is 5.92 Å². The number of halogens is 1. The van der Waals surface area contributed by atoms with Gasteiger partial charge in [-0.05, 0) is 67.1 Å². The molecule has 20 heavy (non-hydrogen) atoms. The monoisotopic (exact) mass is 359 g/mol. The van der Waals surface area contributed by atoms with Crippen molar-refractivity contribution in [3.05, 3.63) is 20.8 Å². The first-order chi connectivity index (χ1) is 9.26. The van der Waals surface area contributed by atoms with Gasteiger partial charge in [0.05, 0.1) is 3.79 Å². The molecule has 0 bridgehead atoms. The molecule has 2 heterocycles. The van der Waals surface area contributed by atoms with Crippen molar-refractivity contribution in [1.82, 2.24) is 4.90 Å². The minimum Gasteiger partial charge on any atom is -0.444 e. The second-order valence-corrected chi connectivity index (χ2v) is 8.94. The highest BCUT2D eigenvalue weighted by atomic mass is 79.9. The van der Waals surface area contributed by atoms with E-state index >= 15 is 0 Å². The van der Waals surface area contributed by atoms with Gasteiger partial charge in [-0.1, -0.05) is 6.92 Å². The third-order valence-corrected chi connectivity index (χ3v) is 5.27. The third-order valence-electron chi connectivity index (χ3n) is 3.52. The number of thiophene rings is 1. The number of hydrogen-bond donors (Lipinski definition) is 0. The maximum absolute atomic E-state index is 12.1. The number of carbonyl (C=O) groups excluding carboxylic acids is 1. The summed E-state index contributed by atoms with van der Waals surface area (Å²) in [7, 11) is 0. The standard InChI is InChI=1S/C15H22BrNO2S/c1-10-9-17(14(18)19-15(2,3)4)8-7-11(10)12-5-6-13(16)20-12/h5-6,10-11H,7-9H2,1-4H3. The Bertz CT molecular complexity index is 480. The normalized spacial score (nSPS) is 23.8. The number of carbonyl (C=O) groups is 1. The molecule has 1 saturated heterocycles. The van der Waals surface area contributed by atoms with E-state index in [0.717, 1.165) is 19.5 Å². The lowest BCUT2D eigenvalue weighted by atomic mass is 9.86. The van der Waals surface area contributed by atoms with E-state index in [-0.39, 0.29) is 6.09 Å². The quantitative estimate of drug-likeness (QED) is 0.715. The first-order valence-corrected chi connectivity index (χ1v) is 8.60. The molecule has 0 radical (unpaired) electrons. The van der Waals surface area contributed by atoms with Crippen molar-refractivity contribution in [3.63, 3.8) is 0 Å².